The molecular weight excluding hydrogens is 319 g/mol. The van der Waals surface area contributed by atoms with E-state index < -0.39 is 45.0 Å². The number of benzene rings is 2. The van der Waals surface area contributed by atoms with Gasteiger partial charge in [-0.3, -0.25) is 0 Å². The van der Waals surface area contributed by atoms with Gasteiger partial charge in [0.05, 0.1) is 6.10 Å². The van der Waals surface area contributed by atoms with Gasteiger partial charge in [-0.1, -0.05) is 18.2 Å². The lowest BCUT2D eigenvalue weighted by atomic mass is 10.1. The minimum atomic E-state index is -4.38. The van der Waals surface area contributed by atoms with Gasteiger partial charge in [-0.15, -0.1) is 0 Å². The van der Waals surface area contributed by atoms with Crippen LogP contribution in [0.25, 0.3) is 0 Å². The second-order valence-corrected chi connectivity index (χ2v) is 6.20. The van der Waals surface area contributed by atoms with Crippen LogP contribution in [0, 0.1) is 17.5 Å². The summed E-state index contributed by atoms with van der Waals surface area (Å²) in [5.74, 6) is -2.75. The largest absolute Gasteiger partial charge is 0.387 e. The Labute approximate surface area is 125 Å². The Morgan fingerprint density at radius 1 is 1.05 bits per heavy atom. The normalized spacial score (nSPS) is 13.1. The van der Waals surface area contributed by atoms with Gasteiger partial charge in [0, 0.05) is 12.1 Å². The van der Waals surface area contributed by atoms with E-state index in [1.54, 1.807) is 0 Å². The number of halogens is 3. The topological polar surface area (TPSA) is 66.4 Å². The fourth-order valence-electron chi connectivity index (χ4n) is 1.80. The van der Waals surface area contributed by atoms with Crippen LogP contribution in [0.1, 0.15) is 11.7 Å². The molecule has 0 radical (unpaired) electrons. The third-order valence-corrected chi connectivity index (χ3v) is 4.35. The number of hydrogen-bond acceptors (Lipinski definition) is 3. The second kappa shape index (κ2) is 6.47. The van der Waals surface area contributed by atoms with Crippen LogP contribution in [-0.4, -0.2) is 20.1 Å². The summed E-state index contributed by atoms with van der Waals surface area (Å²) in [7, 11) is -4.38. The third-order valence-electron chi connectivity index (χ3n) is 2.91. The van der Waals surface area contributed by atoms with E-state index in [1.807, 2.05) is 4.72 Å². The molecule has 0 aliphatic carbocycles. The molecule has 0 amide bonds. The molecule has 0 aromatic heterocycles. The standard InChI is InChI=1S/C14H12F3NO3S/c15-9-5-6-12(17)14(7-9)22(20,21)18-8-13(19)10-3-1-2-4-11(10)16/h1-7,13,18-19H,8H2. The van der Waals surface area contributed by atoms with E-state index in [-0.39, 0.29) is 5.56 Å². The fourth-order valence-corrected chi connectivity index (χ4v) is 2.93. The molecule has 0 spiro atoms. The molecule has 2 aromatic carbocycles. The Hall–Kier alpha value is -1.90. The van der Waals surface area contributed by atoms with Crippen molar-refractivity contribution in [3.8, 4) is 0 Å². The first-order valence-electron chi connectivity index (χ1n) is 6.18. The number of nitrogens with one attached hydrogen (secondary N) is 1. The van der Waals surface area contributed by atoms with Crippen LogP contribution in [0.4, 0.5) is 13.2 Å². The molecule has 2 N–H and O–H groups in total. The summed E-state index contributed by atoms with van der Waals surface area (Å²) in [5, 5.41) is 9.80. The van der Waals surface area contributed by atoms with Gasteiger partial charge in [0.15, 0.2) is 0 Å². The van der Waals surface area contributed by atoms with Gasteiger partial charge >= 0.3 is 0 Å². The van der Waals surface area contributed by atoms with E-state index in [0.717, 1.165) is 12.1 Å². The molecule has 0 saturated carbocycles. The van der Waals surface area contributed by atoms with Crippen molar-refractivity contribution in [2.75, 3.05) is 6.54 Å². The molecule has 0 heterocycles. The molecule has 2 rings (SSSR count). The maximum absolute atomic E-state index is 13.5. The Morgan fingerprint density at radius 3 is 2.41 bits per heavy atom. The second-order valence-electron chi connectivity index (χ2n) is 4.46. The minimum Gasteiger partial charge on any atom is -0.387 e. The molecule has 0 bridgehead atoms. The average molecular weight is 331 g/mol. The molecule has 4 nitrogen and oxygen atoms in total. The van der Waals surface area contributed by atoms with E-state index in [9.17, 15) is 26.7 Å². The van der Waals surface area contributed by atoms with E-state index >= 15 is 0 Å². The summed E-state index contributed by atoms with van der Waals surface area (Å²) < 4.78 is 65.7. The summed E-state index contributed by atoms with van der Waals surface area (Å²) in [6, 6.07) is 7.27. The lowest BCUT2D eigenvalue weighted by molar-refractivity contribution is 0.177. The molecular formula is C14H12F3NO3S. The SMILES string of the molecule is O=S(=O)(NCC(O)c1ccccc1F)c1cc(F)ccc1F. The van der Waals surface area contributed by atoms with Gasteiger partial charge in [0.25, 0.3) is 0 Å². The van der Waals surface area contributed by atoms with E-state index in [0.29, 0.717) is 12.1 Å². The highest BCUT2D eigenvalue weighted by Gasteiger charge is 2.22. The average Bonchev–Trinajstić information content (AvgIpc) is 2.48. The molecule has 2 aromatic rings. The van der Waals surface area contributed by atoms with Crippen molar-refractivity contribution in [1.29, 1.82) is 0 Å². The first-order chi connectivity index (χ1) is 10.3. The van der Waals surface area contributed by atoms with Crippen LogP contribution < -0.4 is 4.72 Å². The van der Waals surface area contributed by atoms with Crippen molar-refractivity contribution >= 4 is 10.0 Å². The predicted molar refractivity (Wildman–Crippen MR) is 72.9 cm³/mol. The van der Waals surface area contributed by atoms with E-state index in [1.165, 1.54) is 18.2 Å². The Balaban J connectivity index is 2.16. The third kappa shape index (κ3) is 3.65. The van der Waals surface area contributed by atoms with Crippen molar-refractivity contribution in [1.82, 2.24) is 4.72 Å². The number of rotatable bonds is 5. The fraction of sp³-hybridized carbons (Fsp3) is 0.143. The summed E-state index contributed by atoms with van der Waals surface area (Å²) in [6.07, 6.45) is -1.47. The molecule has 1 atom stereocenters. The highest BCUT2D eigenvalue weighted by Crippen LogP contribution is 2.18. The number of aliphatic hydroxyl groups is 1. The molecule has 118 valence electrons. The summed E-state index contributed by atoms with van der Waals surface area (Å²) >= 11 is 0. The van der Waals surface area contributed by atoms with Crippen molar-refractivity contribution in [3.05, 3.63) is 65.5 Å². The van der Waals surface area contributed by atoms with Crippen LogP contribution in [0.3, 0.4) is 0 Å². The van der Waals surface area contributed by atoms with Crippen LogP contribution in [0.15, 0.2) is 47.4 Å². The van der Waals surface area contributed by atoms with Gasteiger partial charge in [-0.25, -0.2) is 26.3 Å². The van der Waals surface area contributed by atoms with Crippen molar-refractivity contribution in [3.63, 3.8) is 0 Å². The summed E-state index contributed by atoms with van der Waals surface area (Å²) in [4.78, 5) is -0.881. The van der Waals surface area contributed by atoms with Crippen LogP contribution >= 0.6 is 0 Å². The quantitative estimate of drug-likeness (QED) is 0.882. The molecule has 0 aliphatic rings. The number of sulfonamides is 1. The van der Waals surface area contributed by atoms with Crippen LogP contribution in [0.2, 0.25) is 0 Å². The zero-order chi connectivity index (χ0) is 16.3. The summed E-state index contributed by atoms with van der Waals surface area (Å²) in [5.41, 5.74) is -0.107. The molecule has 8 heteroatoms. The molecule has 0 fully saturated rings. The lowest BCUT2D eigenvalue weighted by Crippen LogP contribution is -2.29. The summed E-state index contributed by atoms with van der Waals surface area (Å²) in [6.45, 7) is -0.584. The highest BCUT2D eigenvalue weighted by molar-refractivity contribution is 7.89. The Bertz CT molecular complexity index is 781. The first kappa shape index (κ1) is 16.5. The predicted octanol–water partition coefficient (Wildman–Crippen LogP) is 2.12. The first-order valence-corrected chi connectivity index (χ1v) is 7.67. The van der Waals surface area contributed by atoms with Crippen molar-refractivity contribution in [2.45, 2.75) is 11.0 Å². The Kier molecular flexibility index (Phi) is 4.84. The zero-order valence-electron chi connectivity index (χ0n) is 11.1. The molecule has 22 heavy (non-hydrogen) atoms. The van der Waals surface area contributed by atoms with Gasteiger partial charge < -0.3 is 5.11 Å². The molecule has 0 aliphatic heterocycles. The van der Waals surface area contributed by atoms with Gasteiger partial charge in [-0.05, 0) is 24.3 Å². The number of hydrogen-bond donors (Lipinski definition) is 2. The molecule has 0 saturated heterocycles. The van der Waals surface area contributed by atoms with Crippen molar-refractivity contribution in [2.24, 2.45) is 0 Å². The van der Waals surface area contributed by atoms with Gasteiger partial charge in [0.2, 0.25) is 10.0 Å². The lowest BCUT2D eigenvalue weighted by Gasteiger charge is -2.13. The molecule has 1 unspecified atom stereocenters. The van der Waals surface area contributed by atoms with E-state index in [4.69, 9.17) is 0 Å². The maximum atomic E-state index is 13.5. The number of aliphatic hydroxyl groups excluding tert-OH is 1. The smallest absolute Gasteiger partial charge is 0.243 e. The van der Waals surface area contributed by atoms with Crippen molar-refractivity contribution < 1.29 is 26.7 Å². The van der Waals surface area contributed by atoms with Gasteiger partial charge in [0.1, 0.15) is 22.3 Å². The Morgan fingerprint density at radius 2 is 1.73 bits per heavy atom. The minimum absolute atomic E-state index is 0.107. The van der Waals surface area contributed by atoms with Crippen LogP contribution in [-0.2, 0) is 10.0 Å². The zero-order valence-corrected chi connectivity index (χ0v) is 11.9. The van der Waals surface area contributed by atoms with Gasteiger partial charge in [-0.2, -0.15) is 0 Å². The maximum Gasteiger partial charge on any atom is 0.243 e. The van der Waals surface area contributed by atoms with Crippen LogP contribution in [0.5, 0.6) is 0 Å². The monoisotopic (exact) mass is 331 g/mol. The highest BCUT2D eigenvalue weighted by atomic mass is 32.2. The van der Waals surface area contributed by atoms with E-state index in [2.05, 4.69) is 0 Å².